The van der Waals surface area contributed by atoms with Gasteiger partial charge in [-0.1, -0.05) is 11.3 Å². The van der Waals surface area contributed by atoms with Crippen molar-refractivity contribution < 1.29 is 0 Å². The minimum Gasteiger partial charge on any atom is -0.399 e. The Kier molecular flexibility index (Phi) is 3.26. The molecule has 0 aliphatic rings. The Bertz CT molecular complexity index is 480. The molecule has 16 heavy (non-hydrogen) atoms. The molecule has 3 N–H and O–H groups in total. The van der Waals surface area contributed by atoms with Crippen LogP contribution in [0.5, 0.6) is 0 Å². The zero-order valence-electron chi connectivity index (χ0n) is 9.53. The van der Waals surface area contributed by atoms with Gasteiger partial charge in [-0.2, -0.15) is 0 Å². The highest BCUT2D eigenvalue weighted by Gasteiger charge is 2.07. The predicted molar refractivity (Wildman–Crippen MR) is 71.2 cm³/mol. The lowest BCUT2D eigenvalue weighted by atomic mass is 10.3. The molecule has 0 fully saturated rings. The minimum absolute atomic E-state index is 0.792. The molecule has 0 radical (unpaired) electrons. The second kappa shape index (κ2) is 4.67. The Hall–Kier alpha value is -1.33. The van der Waals surface area contributed by atoms with Crippen molar-refractivity contribution >= 4 is 32.4 Å². The van der Waals surface area contributed by atoms with Gasteiger partial charge in [-0.3, -0.25) is 0 Å². The van der Waals surface area contributed by atoms with Crippen LogP contribution in [0.2, 0.25) is 0 Å². The van der Waals surface area contributed by atoms with E-state index >= 15 is 0 Å². The van der Waals surface area contributed by atoms with Gasteiger partial charge in [-0.15, -0.1) is 0 Å². The number of nitrogens with one attached hydrogen (secondary N) is 1. The fraction of sp³-hybridized carbons (Fsp3) is 0.364. The monoisotopic (exact) mass is 236 g/mol. The number of thiazole rings is 1. The summed E-state index contributed by atoms with van der Waals surface area (Å²) in [6.07, 6.45) is 0. The summed E-state index contributed by atoms with van der Waals surface area (Å²) < 4.78 is 1.14. The summed E-state index contributed by atoms with van der Waals surface area (Å²) in [7, 11) is 4.01. The van der Waals surface area contributed by atoms with Crippen LogP contribution in [-0.4, -0.2) is 32.2 Å². The van der Waals surface area contributed by atoms with E-state index in [9.17, 15) is 0 Å². The molecular weight excluding hydrogens is 220 g/mol. The molecule has 1 aromatic heterocycles. The maximum atomic E-state index is 5.74. The smallest absolute Gasteiger partial charge is 0.186 e. The van der Waals surface area contributed by atoms with E-state index in [1.165, 1.54) is 0 Å². The molecule has 1 aromatic carbocycles. The van der Waals surface area contributed by atoms with E-state index in [0.29, 0.717) is 0 Å². The average molecular weight is 236 g/mol. The number of rotatable bonds is 4. The molecule has 2 aromatic rings. The van der Waals surface area contributed by atoms with Crippen molar-refractivity contribution in [1.82, 2.24) is 10.3 Å². The van der Waals surface area contributed by atoms with Gasteiger partial charge in [0.05, 0.1) is 10.2 Å². The van der Waals surface area contributed by atoms with E-state index in [2.05, 4.69) is 22.2 Å². The average Bonchev–Trinajstić information content (AvgIpc) is 2.68. The highest BCUT2D eigenvalue weighted by molar-refractivity contribution is 7.22. The van der Waals surface area contributed by atoms with Crippen LogP contribution < -0.4 is 16.0 Å². The Labute approximate surface area is 99.1 Å². The lowest BCUT2D eigenvalue weighted by Crippen LogP contribution is -2.26. The van der Waals surface area contributed by atoms with Gasteiger partial charge in [0.15, 0.2) is 5.13 Å². The Morgan fingerprint density at radius 1 is 1.50 bits per heavy atom. The molecule has 0 aliphatic heterocycles. The number of benzene rings is 1. The van der Waals surface area contributed by atoms with Crippen molar-refractivity contribution in [3.8, 4) is 0 Å². The molecule has 0 atom stereocenters. The van der Waals surface area contributed by atoms with Crippen molar-refractivity contribution in [3.05, 3.63) is 18.2 Å². The van der Waals surface area contributed by atoms with Gasteiger partial charge >= 0.3 is 0 Å². The topological polar surface area (TPSA) is 54.2 Å². The number of fused-ring (bicyclic) bond motifs is 1. The number of anilines is 2. The Morgan fingerprint density at radius 2 is 2.31 bits per heavy atom. The molecule has 4 nitrogen and oxygen atoms in total. The first-order chi connectivity index (χ1) is 7.70. The third kappa shape index (κ3) is 2.25. The van der Waals surface area contributed by atoms with Gasteiger partial charge < -0.3 is 16.0 Å². The summed E-state index contributed by atoms with van der Waals surface area (Å²) in [5.74, 6) is 0. The number of aromatic nitrogens is 1. The molecule has 86 valence electrons. The fourth-order valence-electron chi connectivity index (χ4n) is 1.47. The zero-order chi connectivity index (χ0) is 11.5. The molecule has 0 amide bonds. The summed E-state index contributed by atoms with van der Waals surface area (Å²) in [6, 6.07) is 5.83. The van der Waals surface area contributed by atoms with E-state index in [0.717, 1.165) is 34.1 Å². The molecular formula is C11H16N4S. The maximum absolute atomic E-state index is 5.74. The van der Waals surface area contributed by atoms with Crippen LogP contribution in [0.15, 0.2) is 18.2 Å². The summed E-state index contributed by atoms with van der Waals surface area (Å²) >= 11 is 1.68. The summed E-state index contributed by atoms with van der Waals surface area (Å²) in [4.78, 5) is 6.72. The summed E-state index contributed by atoms with van der Waals surface area (Å²) in [5.41, 5.74) is 7.56. The molecule has 5 heteroatoms. The van der Waals surface area contributed by atoms with Crippen molar-refractivity contribution in [2.45, 2.75) is 0 Å². The van der Waals surface area contributed by atoms with Crippen molar-refractivity contribution in [1.29, 1.82) is 0 Å². The minimum atomic E-state index is 0.792. The lowest BCUT2D eigenvalue weighted by Gasteiger charge is -2.14. The van der Waals surface area contributed by atoms with E-state index < -0.39 is 0 Å². The number of hydrogen-bond acceptors (Lipinski definition) is 5. The fourth-order valence-corrected chi connectivity index (χ4v) is 2.47. The van der Waals surface area contributed by atoms with Crippen molar-refractivity contribution in [2.24, 2.45) is 0 Å². The normalized spacial score (nSPS) is 10.9. The van der Waals surface area contributed by atoms with Crippen molar-refractivity contribution in [3.63, 3.8) is 0 Å². The highest BCUT2D eigenvalue weighted by atomic mass is 32.1. The molecule has 0 unspecified atom stereocenters. The highest BCUT2D eigenvalue weighted by Crippen LogP contribution is 2.29. The van der Waals surface area contributed by atoms with Gasteiger partial charge in [-0.25, -0.2) is 4.98 Å². The van der Waals surface area contributed by atoms with Crippen LogP contribution >= 0.6 is 11.3 Å². The lowest BCUT2D eigenvalue weighted by molar-refractivity contribution is 0.766. The van der Waals surface area contributed by atoms with E-state index in [4.69, 9.17) is 5.73 Å². The molecule has 0 bridgehead atoms. The van der Waals surface area contributed by atoms with E-state index in [-0.39, 0.29) is 0 Å². The van der Waals surface area contributed by atoms with Gasteiger partial charge in [0.2, 0.25) is 0 Å². The Morgan fingerprint density at radius 3 is 3.06 bits per heavy atom. The standard InChI is InChI=1S/C11H16N4S/c1-13-5-6-15(2)11-14-9-4-3-8(12)7-10(9)16-11/h3-4,7,13H,5-6,12H2,1-2H3. The van der Waals surface area contributed by atoms with Gasteiger partial charge in [-0.05, 0) is 25.2 Å². The molecule has 0 saturated heterocycles. The second-order valence-electron chi connectivity index (χ2n) is 3.75. The number of nitrogens with two attached hydrogens (primary N) is 1. The summed E-state index contributed by atoms with van der Waals surface area (Å²) in [6.45, 7) is 1.90. The Balaban J connectivity index is 2.25. The van der Waals surface area contributed by atoms with Crippen LogP contribution in [0.1, 0.15) is 0 Å². The maximum Gasteiger partial charge on any atom is 0.186 e. The van der Waals surface area contributed by atoms with Crippen LogP contribution in [0.25, 0.3) is 10.2 Å². The first kappa shape index (κ1) is 11.2. The van der Waals surface area contributed by atoms with Gasteiger partial charge in [0.1, 0.15) is 0 Å². The molecule has 0 spiro atoms. The third-order valence-corrected chi connectivity index (χ3v) is 3.56. The van der Waals surface area contributed by atoms with E-state index in [1.807, 2.05) is 25.2 Å². The quantitative estimate of drug-likeness (QED) is 0.791. The number of likely N-dealkylation sites (N-methyl/N-ethyl adjacent to an activating group) is 2. The molecule has 1 heterocycles. The summed E-state index contributed by atoms with van der Waals surface area (Å²) in [5, 5.41) is 4.16. The van der Waals surface area contributed by atoms with Crippen LogP contribution in [0.4, 0.5) is 10.8 Å². The van der Waals surface area contributed by atoms with Crippen LogP contribution in [0, 0.1) is 0 Å². The van der Waals surface area contributed by atoms with Crippen LogP contribution in [-0.2, 0) is 0 Å². The second-order valence-corrected chi connectivity index (χ2v) is 4.76. The number of nitrogen functional groups attached to an aromatic ring is 1. The van der Waals surface area contributed by atoms with Crippen LogP contribution in [0.3, 0.4) is 0 Å². The zero-order valence-corrected chi connectivity index (χ0v) is 10.3. The molecule has 0 aliphatic carbocycles. The largest absolute Gasteiger partial charge is 0.399 e. The third-order valence-electron chi connectivity index (χ3n) is 2.42. The first-order valence-electron chi connectivity index (χ1n) is 5.22. The van der Waals surface area contributed by atoms with Gasteiger partial charge in [0, 0.05) is 25.8 Å². The SMILES string of the molecule is CNCCN(C)c1nc2ccc(N)cc2s1. The van der Waals surface area contributed by atoms with E-state index in [1.54, 1.807) is 11.3 Å². The number of nitrogens with zero attached hydrogens (tertiary/aromatic N) is 2. The molecule has 2 rings (SSSR count). The van der Waals surface area contributed by atoms with Crippen molar-refractivity contribution in [2.75, 3.05) is 37.8 Å². The first-order valence-corrected chi connectivity index (χ1v) is 6.04. The van der Waals surface area contributed by atoms with Gasteiger partial charge in [0.25, 0.3) is 0 Å². The molecule has 0 saturated carbocycles. The number of hydrogen-bond donors (Lipinski definition) is 2. The predicted octanol–water partition coefficient (Wildman–Crippen LogP) is 1.53.